The van der Waals surface area contributed by atoms with Crippen LogP contribution in [-0.2, 0) is 11.2 Å². The SMILES string of the molecule is CN1C(=O)N2[C@H](c3cccc(O)c3)c3[nH]c4ccc(Cl)cc4c3C[C@@]2(C)C1=O. The number of fused-ring (bicyclic) bond motifs is 4. The maximum absolute atomic E-state index is 13.0. The zero-order chi connectivity index (χ0) is 19.8. The van der Waals surface area contributed by atoms with Gasteiger partial charge in [-0.25, -0.2) is 4.79 Å². The van der Waals surface area contributed by atoms with Crippen molar-refractivity contribution < 1.29 is 14.7 Å². The van der Waals surface area contributed by atoms with E-state index in [2.05, 4.69) is 4.98 Å². The highest BCUT2D eigenvalue weighted by Crippen LogP contribution is 2.48. The van der Waals surface area contributed by atoms with E-state index in [9.17, 15) is 14.7 Å². The summed E-state index contributed by atoms with van der Waals surface area (Å²) in [6.07, 6.45) is 0.396. The van der Waals surface area contributed by atoms with E-state index in [1.54, 1.807) is 30.0 Å². The highest BCUT2D eigenvalue weighted by molar-refractivity contribution is 6.31. The van der Waals surface area contributed by atoms with E-state index in [4.69, 9.17) is 11.6 Å². The van der Waals surface area contributed by atoms with Gasteiger partial charge in [0.1, 0.15) is 17.3 Å². The molecule has 2 aliphatic heterocycles. The number of likely N-dealkylation sites (N-methyl/N-ethyl adjacent to an activating group) is 1. The summed E-state index contributed by atoms with van der Waals surface area (Å²) in [6.45, 7) is 1.80. The Bertz CT molecular complexity index is 1170. The quantitative estimate of drug-likeness (QED) is 0.615. The molecule has 28 heavy (non-hydrogen) atoms. The number of phenolic OH excluding ortho intramolecular Hbond substituents is 1. The predicted octanol–water partition coefficient (Wildman–Crippen LogP) is 3.83. The molecule has 0 aliphatic carbocycles. The third-order valence-corrected chi connectivity index (χ3v) is 6.16. The average molecular weight is 396 g/mol. The lowest BCUT2D eigenvalue weighted by molar-refractivity contribution is -0.132. The first-order valence-electron chi connectivity index (χ1n) is 9.01. The number of hydrogen-bond acceptors (Lipinski definition) is 3. The molecule has 0 radical (unpaired) electrons. The number of hydrogen-bond donors (Lipinski definition) is 2. The summed E-state index contributed by atoms with van der Waals surface area (Å²) in [5.74, 6) is -0.124. The summed E-state index contributed by atoms with van der Waals surface area (Å²) in [5.41, 5.74) is 2.45. The molecule has 1 fully saturated rings. The Morgan fingerprint density at radius 3 is 2.75 bits per heavy atom. The van der Waals surface area contributed by atoms with Gasteiger partial charge >= 0.3 is 6.03 Å². The van der Waals surface area contributed by atoms with Crippen LogP contribution in [0.5, 0.6) is 5.75 Å². The number of aromatic nitrogens is 1. The molecule has 2 aromatic carbocycles. The number of halogens is 1. The Morgan fingerprint density at radius 2 is 2.00 bits per heavy atom. The van der Waals surface area contributed by atoms with Crippen LogP contribution in [0.3, 0.4) is 0 Å². The Labute approximate surface area is 166 Å². The second-order valence-electron chi connectivity index (χ2n) is 7.67. The van der Waals surface area contributed by atoms with Crippen molar-refractivity contribution in [3.8, 4) is 5.75 Å². The van der Waals surface area contributed by atoms with Crippen molar-refractivity contribution in [2.45, 2.75) is 24.9 Å². The number of carbonyl (C=O) groups excluding carboxylic acids is 2. The zero-order valence-electron chi connectivity index (χ0n) is 15.4. The van der Waals surface area contributed by atoms with Gasteiger partial charge in [0.15, 0.2) is 0 Å². The van der Waals surface area contributed by atoms with E-state index in [0.717, 1.165) is 27.7 Å². The van der Waals surface area contributed by atoms with Gasteiger partial charge in [0.05, 0.1) is 0 Å². The number of benzene rings is 2. The van der Waals surface area contributed by atoms with Gasteiger partial charge < -0.3 is 10.1 Å². The van der Waals surface area contributed by atoms with E-state index in [1.165, 1.54) is 11.9 Å². The van der Waals surface area contributed by atoms with Gasteiger partial charge in [0.25, 0.3) is 5.91 Å². The number of nitrogens with one attached hydrogen (secondary N) is 1. The molecular weight excluding hydrogens is 378 g/mol. The minimum Gasteiger partial charge on any atom is -0.508 e. The number of imide groups is 1. The molecule has 2 aliphatic rings. The van der Waals surface area contributed by atoms with E-state index < -0.39 is 11.6 Å². The number of H-pyrrole nitrogens is 1. The number of nitrogens with zero attached hydrogens (tertiary/aromatic N) is 2. The fourth-order valence-corrected chi connectivity index (χ4v) is 4.80. The molecule has 0 spiro atoms. The number of phenols is 1. The van der Waals surface area contributed by atoms with Crippen molar-refractivity contribution >= 4 is 34.4 Å². The lowest BCUT2D eigenvalue weighted by atomic mass is 9.81. The van der Waals surface area contributed by atoms with Gasteiger partial charge in [-0.2, -0.15) is 0 Å². The summed E-state index contributed by atoms with van der Waals surface area (Å²) < 4.78 is 0. The molecule has 7 heteroatoms. The summed E-state index contributed by atoms with van der Waals surface area (Å²) in [4.78, 5) is 32.3. The van der Waals surface area contributed by atoms with Gasteiger partial charge in [0, 0.05) is 35.1 Å². The van der Waals surface area contributed by atoms with Crippen molar-refractivity contribution in [1.29, 1.82) is 0 Å². The van der Waals surface area contributed by atoms with Crippen LogP contribution in [0.25, 0.3) is 10.9 Å². The Balaban J connectivity index is 1.84. The number of urea groups is 1. The molecular formula is C21H18ClN3O3. The molecule has 1 aromatic heterocycles. The second-order valence-corrected chi connectivity index (χ2v) is 8.11. The topological polar surface area (TPSA) is 76.6 Å². The maximum atomic E-state index is 13.0. The first kappa shape index (κ1) is 17.1. The molecule has 3 amide bonds. The number of aromatic amines is 1. The minimum atomic E-state index is -1.01. The van der Waals surface area contributed by atoms with Crippen molar-refractivity contribution in [3.63, 3.8) is 0 Å². The van der Waals surface area contributed by atoms with Gasteiger partial charge in [-0.15, -0.1) is 0 Å². The standard InChI is InChI=1S/C21H18ClN3O3/c1-21-10-15-14-9-12(22)6-7-16(14)23-17(15)18(11-4-3-5-13(26)8-11)25(21)20(28)24(2)19(21)27/h3-9,18,23,26H,10H2,1-2H3/t18-,21+/m1/s1. The molecule has 1 saturated heterocycles. The van der Waals surface area contributed by atoms with E-state index in [0.29, 0.717) is 11.4 Å². The zero-order valence-corrected chi connectivity index (χ0v) is 16.1. The monoisotopic (exact) mass is 395 g/mol. The van der Waals surface area contributed by atoms with Crippen molar-refractivity contribution in [2.75, 3.05) is 7.05 Å². The highest BCUT2D eigenvalue weighted by atomic mass is 35.5. The summed E-state index contributed by atoms with van der Waals surface area (Å²) in [6, 6.07) is 11.5. The first-order valence-corrected chi connectivity index (χ1v) is 9.39. The van der Waals surface area contributed by atoms with Crippen LogP contribution in [-0.4, -0.2) is 44.4 Å². The van der Waals surface area contributed by atoms with Crippen LogP contribution in [0.15, 0.2) is 42.5 Å². The summed E-state index contributed by atoms with van der Waals surface area (Å²) in [7, 11) is 1.51. The smallest absolute Gasteiger partial charge is 0.328 e. The molecule has 2 N–H and O–H groups in total. The van der Waals surface area contributed by atoms with Crippen molar-refractivity contribution in [2.24, 2.45) is 0 Å². The van der Waals surface area contributed by atoms with E-state index in [-0.39, 0.29) is 17.7 Å². The van der Waals surface area contributed by atoms with Gasteiger partial charge in [-0.3, -0.25) is 14.6 Å². The third kappa shape index (κ3) is 2.09. The Kier molecular flexibility index (Phi) is 3.37. The normalized spacial score (nSPS) is 24.0. The van der Waals surface area contributed by atoms with E-state index in [1.807, 2.05) is 24.3 Å². The molecule has 142 valence electrons. The molecule has 0 bridgehead atoms. The Hall–Kier alpha value is -2.99. The van der Waals surface area contributed by atoms with Crippen LogP contribution in [0, 0.1) is 0 Å². The fraction of sp³-hybridized carbons (Fsp3) is 0.238. The number of rotatable bonds is 1. The third-order valence-electron chi connectivity index (χ3n) is 5.93. The highest BCUT2D eigenvalue weighted by Gasteiger charge is 2.59. The van der Waals surface area contributed by atoms with Crippen LogP contribution < -0.4 is 0 Å². The van der Waals surface area contributed by atoms with Gasteiger partial charge in [-0.05, 0) is 48.4 Å². The fourth-order valence-electron chi connectivity index (χ4n) is 4.63. The minimum absolute atomic E-state index is 0.108. The van der Waals surface area contributed by atoms with Crippen LogP contribution in [0.4, 0.5) is 4.79 Å². The second kappa shape index (κ2) is 5.52. The molecule has 3 heterocycles. The Morgan fingerprint density at radius 1 is 1.21 bits per heavy atom. The molecule has 3 aromatic rings. The van der Waals surface area contributed by atoms with Crippen LogP contribution in [0.2, 0.25) is 5.02 Å². The van der Waals surface area contributed by atoms with Crippen molar-refractivity contribution in [1.82, 2.24) is 14.8 Å². The van der Waals surface area contributed by atoms with Crippen molar-refractivity contribution in [3.05, 3.63) is 64.3 Å². The van der Waals surface area contributed by atoms with Crippen LogP contribution in [0.1, 0.15) is 29.8 Å². The lowest BCUT2D eigenvalue weighted by Crippen LogP contribution is -2.53. The molecule has 0 saturated carbocycles. The number of aromatic hydroxyl groups is 1. The maximum Gasteiger partial charge on any atom is 0.328 e. The van der Waals surface area contributed by atoms with Gasteiger partial charge in [-0.1, -0.05) is 23.7 Å². The summed E-state index contributed by atoms with van der Waals surface area (Å²) >= 11 is 6.23. The van der Waals surface area contributed by atoms with E-state index >= 15 is 0 Å². The first-order chi connectivity index (χ1) is 13.3. The van der Waals surface area contributed by atoms with Crippen LogP contribution >= 0.6 is 11.6 Å². The molecule has 0 unspecified atom stereocenters. The number of amides is 3. The predicted molar refractivity (Wildman–Crippen MR) is 105 cm³/mol. The largest absolute Gasteiger partial charge is 0.508 e. The van der Waals surface area contributed by atoms with Gasteiger partial charge in [0.2, 0.25) is 0 Å². The molecule has 5 rings (SSSR count). The molecule has 6 nitrogen and oxygen atoms in total. The number of carbonyl (C=O) groups is 2. The molecule has 2 atom stereocenters. The summed E-state index contributed by atoms with van der Waals surface area (Å²) in [5, 5.41) is 11.6. The lowest BCUT2D eigenvalue weighted by Gasteiger charge is -2.42. The average Bonchev–Trinajstić information content (AvgIpc) is 3.09.